The number of esters is 1. The maximum atomic E-state index is 13.7. The molecule has 0 aromatic carbocycles. The van der Waals surface area contributed by atoms with Crippen LogP contribution in [0, 0.1) is 12.3 Å². The lowest BCUT2D eigenvalue weighted by Crippen LogP contribution is -2.32. The normalized spacial score (nSPS) is 13.0. The Labute approximate surface area is 228 Å². The fourth-order valence-corrected chi connectivity index (χ4v) is 6.37. The van der Waals surface area contributed by atoms with Crippen LogP contribution in [-0.2, 0) is 28.9 Å². The molecule has 0 bridgehead atoms. The molecule has 0 fully saturated rings. The Morgan fingerprint density at radius 3 is 2.79 bits per heavy atom. The molecule has 0 spiro atoms. The van der Waals surface area contributed by atoms with Crippen LogP contribution in [0.5, 0.6) is 0 Å². The van der Waals surface area contributed by atoms with Crippen molar-refractivity contribution in [1.82, 2.24) is 14.0 Å². The summed E-state index contributed by atoms with van der Waals surface area (Å²) >= 11 is 1.37. The van der Waals surface area contributed by atoms with Crippen LogP contribution in [0.25, 0.3) is 16.7 Å². The number of methoxy groups -OCH3 is 1. The van der Waals surface area contributed by atoms with Crippen LogP contribution in [-0.4, -0.2) is 46.2 Å². The van der Waals surface area contributed by atoms with Crippen LogP contribution >= 0.6 is 11.3 Å². The van der Waals surface area contributed by atoms with Gasteiger partial charge in [0.1, 0.15) is 21.8 Å². The van der Waals surface area contributed by atoms with E-state index < -0.39 is 11.9 Å². The molecule has 4 aromatic rings. The van der Waals surface area contributed by atoms with Crippen molar-refractivity contribution in [2.75, 3.05) is 25.6 Å². The van der Waals surface area contributed by atoms with E-state index in [-0.39, 0.29) is 22.0 Å². The Morgan fingerprint density at radius 2 is 2.03 bits per heavy atom. The monoisotopic (exact) mass is 549 g/mol. The number of anilines is 1. The number of aryl methyl sites for hydroxylation is 3. The minimum Gasteiger partial charge on any atom is -0.465 e. The van der Waals surface area contributed by atoms with Crippen LogP contribution in [0.1, 0.15) is 62.9 Å². The summed E-state index contributed by atoms with van der Waals surface area (Å²) in [7, 11) is 1.32. The smallest absolute Gasteiger partial charge is 0.341 e. The van der Waals surface area contributed by atoms with Crippen LogP contribution in [0.4, 0.5) is 5.00 Å². The maximum absolute atomic E-state index is 13.7. The molecule has 5 rings (SSSR count). The Morgan fingerprint density at radius 1 is 1.23 bits per heavy atom. The number of hydrogen-bond donors (Lipinski definition) is 2. The van der Waals surface area contributed by atoms with Crippen molar-refractivity contribution in [2.45, 2.75) is 52.5 Å². The lowest BCUT2D eigenvalue weighted by Gasteiger charge is -2.15. The average molecular weight is 550 g/mol. The van der Waals surface area contributed by atoms with Gasteiger partial charge in [-0.3, -0.25) is 19.4 Å². The van der Waals surface area contributed by atoms with Crippen molar-refractivity contribution in [3.8, 4) is 0 Å². The van der Waals surface area contributed by atoms with Gasteiger partial charge >= 0.3 is 5.97 Å². The Bertz CT molecular complexity index is 1720. The predicted molar refractivity (Wildman–Crippen MR) is 149 cm³/mol. The van der Waals surface area contributed by atoms with E-state index in [1.165, 1.54) is 28.9 Å². The zero-order valence-corrected chi connectivity index (χ0v) is 23.1. The second kappa shape index (κ2) is 11.1. The SMILES string of the molecule is CCOCCCn1c(=N)c(C(=O)Nc2sc3c(c2C(=O)OC)CCCC3)cc2c(=O)n3cccc(C)c3nc21. The van der Waals surface area contributed by atoms with Crippen LogP contribution in [0.3, 0.4) is 0 Å². The first-order valence-corrected chi connectivity index (χ1v) is 13.9. The predicted octanol–water partition coefficient (Wildman–Crippen LogP) is 3.84. The van der Waals surface area contributed by atoms with Gasteiger partial charge in [-0.05, 0) is 69.2 Å². The molecular weight excluding hydrogens is 518 g/mol. The van der Waals surface area contributed by atoms with E-state index in [9.17, 15) is 14.4 Å². The van der Waals surface area contributed by atoms with Crippen LogP contribution in [0.15, 0.2) is 29.2 Å². The number of rotatable bonds is 8. The van der Waals surface area contributed by atoms with Crippen molar-refractivity contribution in [3.63, 3.8) is 0 Å². The largest absolute Gasteiger partial charge is 0.465 e. The highest BCUT2D eigenvalue weighted by Gasteiger charge is 2.28. The van der Waals surface area contributed by atoms with Gasteiger partial charge in [0.05, 0.1) is 23.6 Å². The van der Waals surface area contributed by atoms with Gasteiger partial charge in [-0.15, -0.1) is 11.3 Å². The molecule has 0 saturated carbocycles. The lowest BCUT2D eigenvalue weighted by atomic mass is 9.95. The van der Waals surface area contributed by atoms with Crippen LogP contribution < -0.4 is 16.4 Å². The molecule has 4 heterocycles. The zero-order valence-electron chi connectivity index (χ0n) is 22.3. The molecule has 204 valence electrons. The fraction of sp³-hybridized carbons (Fsp3) is 0.393. The molecule has 0 radical (unpaired) electrons. The summed E-state index contributed by atoms with van der Waals surface area (Å²) in [4.78, 5) is 45.7. The van der Waals surface area contributed by atoms with E-state index in [1.807, 2.05) is 19.9 Å². The number of thiophene rings is 1. The van der Waals surface area contributed by atoms with E-state index >= 15 is 0 Å². The lowest BCUT2D eigenvalue weighted by molar-refractivity contribution is 0.0601. The van der Waals surface area contributed by atoms with Crippen LogP contribution in [0.2, 0.25) is 0 Å². The molecule has 0 unspecified atom stereocenters. The number of nitrogens with zero attached hydrogens (tertiary/aromatic N) is 3. The summed E-state index contributed by atoms with van der Waals surface area (Å²) in [5.41, 5.74) is 2.59. The third-order valence-corrected chi connectivity index (χ3v) is 8.25. The number of fused-ring (bicyclic) bond motifs is 3. The fourth-order valence-electron chi connectivity index (χ4n) is 5.10. The van der Waals surface area contributed by atoms with Gasteiger partial charge in [0.2, 0.25) is 0 Å². The molecule has 10 nitrogen and oxygen atoms in total. The van der Waals surface area contributed by atoms with Crippen molar-refractivity contribution in [1.29, 1.82) is 5.41 Å². The first-order chi connectivity index (χ1) is 18.8. The van der Waals surface area contributed by atoms with E-state index in [1.54, 1.807) is 16.8 Å². The Kier molecular flexibility index (Phi) is 7.62. The number of aromatic nitrogens is 3. The second-order valence-electron chi connectivity index (χ2n) is 9.51. The minimum absolute atomic E-state index is 0.0209. The van der Waals surface area contributed by atoms with Gasteiger partial charge in [0.15, 0.2) is 0 Å². The molecule has 1 aliphatic rings. The first kappa shape index (κ1) is 26.8. The number of nitrogens with one attached hydrogen (secondary N) is 2. The number of pyridine rings is 2. The van der Waals surface area contributed by atoms with Gasteiger partial charge in [-0.25, -0.2) is 9.78 Å². The molecule has 1 aliphatic carbocycles. The summed E-state index contributed by atoms with van der Waals surface area (Å²) in [6.07, 6.45) is 5.80. The maximum Gasteiger partial charge on any atom is 0.341 e. The van der Waals surface area contributed by atoms with Gasteiger partial charge < -0.3 is 19.4 Å². The Hall–Kier alpha value is -3.83. The molecule has 0 saturated heterocycles. The summed E-state index contributed by atoms with van der Waals surface area (Å²) in [5.74, 6) is -1.07. The summed E-state index contributed by atoms with van der Waals surface area (Å²) in [6, 6.07) is 5.07. The van der Waals surface area contributed by atoms with Gasteiger partial charge in [0, 0.05) is 30.8 Å². The van der Waals surface area contributed by atoms with Crippen molar-refractivity contribution in [2.24, 2.45) is 0 Å². The number of carbonyl (C=O) groups is 2. The highest BCUT2D eigenvalue weighted by molar-refractivity contribution is 7.17. The van der Waals surface area contributed by atoms with E-state index in [2.05, 4.69) is 5.32 Å². The van der Waals surface area contributed by atoms with Crippen molar-refractivity contribution < 1.29 is 19.1 Å². The quantitative estimate of drug-likeness (QED) is 0.195. The number of hydrogen-bond acceptors (Lipinski definition) is 8. The molecular formula is C28H31N5O5S. The molecule has 0 aliphatic heterocycles. The van der Waals surface area contributed by atoms with Crippen molar-refractivity contribution >= 4 is 44.9 Å². The number of ether oxygens (including phenoxy) is 2. The summed E-state index contributed by atoms with van der Waals surface area (Å²) in [6.45, 7) is 5.15. The Balaban J connectivity index is 1.65. The van der Waals surface area contributed by atoms with E-state index in [4.69, 9.17) is 19.9 Å². The molecule has 39 heavy (non-hydrogen) atoms. The number of carbonyl (C=O) groups excluding carboxylic acids is 2. The van der Waals surface area contributed by atoms with E-state index in [0.717, 1.165) is 41.7 Å². The highest BCUT2D eigenvalue weighted by atomic mass is 32.1. The first-order valence-electron chi connectivity index (χ1n) is 13.1. The zero-order chi connectivity index (χ0) is 27.7. The van der Waals surface area contributed by atoms with Gasteiger partial charge in [-0.1, -0.05) is 6.07 Å². The number of amides is 1. The van der Waals surface area contributed by atoms with Crippen molar-refractivity contribution in [3.05, 3.63) is 67.4 Å². The minimum atomic E-state index is -0.571. The van der Waals surface area contributed by atoms with Gasteiger partial charge in [-0.2, -0.15) is 0 Å². The standard InChI is InChI=1S/C28H31N5O5S/c1-4-38-14-8-13-32-22(29)18(15-19-24(32)30-23-16(2)9-7-12-33(23)27(19)35)25(34)31-26-21(28(36)37-3)17-10-5-6-11-20(17)39-26/h7,9,12,15,29H,4-6,8,10-11,13-14H2,1-3H3,(H,31,34). The van der Waals surface area contributed by atoms with Gasteiger partial charge in [0.25, 0.3) is 11.5 Å². The second-order valence-corrected chi connectivity index (χ2v) is 10.6. The molecule has 4 aromatic heterocycles. The molecule has 0 atom stereocenters. The molecule has 2 N–H and O–H groups in total. The topological polar surface area (TPSA) is 128 Å². The highest BCUT2D eigenvalue weighted by Crippen LogP contribution is 2.38. The average Bonchev–Trinajstić information content (AvgIpc) is 3.30. The summed E-state index contributed by atoms with van der Waals surface area (Å²) in [5, 5.41) is 12.5. The third-order valence-electron chi connectivity index (χ3n) is 7.04. The summed E-state index contributed by atoms with van der Waals surface area (Å²) < 4.78 is 13.6. The van der Waals surface area contributed by atoms with E-state index in [0.29, 0.717) is 48.0 Å². The molecule has 11 heteroatoms. The third kappa shape index (κ3) is 4.87. The molecule has 1 amide bonds.